The van der Waals surface area contributed by atoms with Crippen LogP contribution in [0.15, 0.2) is 77.3 Å². The van der Waals surface area contributed by atoms with Gasteiger partial charge in [0.05, 0.1) is 22.7 Å². The first kappa shape index (κ1) is 14.5. The third kappa shape index (κ3) is 3.40. The summed E-state index contributed by atoms with van der Waals surface area (Å²) in [5.74, 6) is 0. The number of anilines is 5. The summed E-state index contributed by atoms with van der Waals surface area (Å²) in [6, 6.07) is 23.8. The molecule has 4 heteroatoms. The molecule has 3 aromatic rings. The molecule has 0 aliphatic rings. The van der Waals surface area contributed by atoms with Gasteiger partial charge in [0.25, 0.3) is 0 Å². The van der Waals surface area contributed by atoms with Gasteiger partial charge in [0.1, 0.15) is 0 Å². The largest absolute Gasteiger partial charge is 0.397 e. The van der Waals surface area contributed by atoms with E-state index in [9.17, 15) is 0 Å². The molecule has 0 spiro atoms. The van der Waals surface area contributed by atoms with Crippen LogP contribution in [0.3, 0.4) is 0 Å². The molecule has 0 aliphatic heterocycles. The Morgan fingerprint density at radius 2 is 1.32 bits per heavy atom. The molecule has 3 nitrogen and oxygen atoms in total. The molecule has 0 fully saturated rings. The predicted molar refractivity (Wildman–Crippen MR) is 98.0 cm³/mol. The van der Waals surface area contributed by atoms with Gasteiger partial charge in [-0.3, -0.25) is 0 Å². The first-order valence-electron chi connectivity index (χ1n) is 6.95. The Bertz CT molecular complexity index is 787. The molecule has 0 bridgehead atoms. The number of para-hydroxylation sites is 4. The van der Waals surface area contributed by atoms with Crippen LogP contribution in [-0.4, -0.2) is 0 Å². The van der Waals surface area contributed by atoms with Gasteiger partial charge in [-0.25, -0.2) is 0 Å². The molecule has 0 atom stereocenters. The van der Waals surface area contributed by atoms with Crippen molar-refractivity contribution in [1.29, 1.82) is 0 Å². The number of halogens is 1. The predicted octanol–water partition coefficient (Wildman–Crippen LogP) is 5.52. The highest BCUT2D eigenvalue weighted by molar-refractivity contribution is 9.10. The molecule has 3 rings (SSSR count). The van der Waals surface area contributed by atoms with Gasteiger partial charge in [-0.2, -0.15) is 0 Å². The van der Waals surface area contributed by atoms with E-state index in [1.165, 1.54) is 0 Å². The van der Waals surface area contributed by atoms with Crippen molar-refractivity contribution < 1.29 is 0 Å². The maximum Gasteiger partial charge on any atom is 0.0624 e. The summed E-state index contributed by atoms with van der Waals surface area (Å²) in [4.78, 5) is 0. The van der Waals surface area contributed by atoms with Crippen molar-refractivity contribution in [2.75, 3.05) is 16.4 Å². The minimum absolute atomic E-state index is 0.722. The van der Waals surface area contributed by atoms with Crippen molar-refractivity contribution in [3.63, 3.8) is 0 Å². The molecular formula is C18H16BrN3. The van der Waals surface area contributed by atoms with E-state index in [1.807, 2.05) is 72.8 Å². The van der Waals surface area contributed by atoms with Crippen molar-refractivity contribution in [3.8, 4) is 0 Å². The molecule has 0 amide bonds. The Hall–Kier alpha value is -2.46. The van der Waals surface area contributed by atoms with Crippen LogP contribution in [0.1, 0.15) is 0 Å². The summed E-state index contributed by atoms with van der Waals surface area (Å²) < 4.78 is 1.04. The van der Waals surface area contributed by atoms with E-state index in [4.69, 9.17) is 5.73 Å². The SMILES string of the molecule is Nc1ccccc1Nc1ccccc1Nc1cccc(Br)c1. The van der Waals surface area contributed by atoms with Crippen LogP contribution in [0.25, 0.3) is 0 Å². The molecule has 0 saturated heterocycles. The monoisotopic (exact) mass is 353 g/mol. The Kier molecular flexibility index (Phi) is 4.30. The second kappa shape index (κ2) is 6.54. The summed E-state index contributed by atoms with van der Waals surface area (Å²) in [6.07, 6.45) is 0. The van der Waals surface area contributed by atoms with Crippen LogP contribution in [0, 0.1) is 0 Å². The topological polar surface area (TPSA) is 50.1 Å². The molecule has 0 saturated carbocycles. The van der Waals surface area contributed by atoms with E-state index < -0.39 is 0 Å². The van der Waals surface area contributed by atoms with Gasteiger partial charge in [0.15, 0.2) is 0 Å². The van der Waals surface area contributed by atoms with Crippen LogP contribution < -0.4 is 16.4 Å². The van der Waals surface area contributed by atoms with Crippen molar-refractivity contribution in [2.24, 2.45) is 0 Å². The second-order valence-corrected chi connectivity index (χ2v) is 5.81. The number of benzene rings is 3. The fourth-order valence-electron chi connectivity index (χ4n) is 2.18. The van der Waals surface area contributed by atoms with Crippen molar-refractivity contribution in [1.82, 2.24) is 0 Å². The van der Waals surface area contributed by atoms with E-state index in [2.05, 4.69) is 26.6 Å². The number of nitrogen functional groups attached to an aromatic ring is 1. The molecule has 0 radical (unpaired) electrons. The van der Waals surface area contributed by atoms with Crippen LogP contribution in [0.5, 0.6) is 0 Å². The molecule has 3 aromatic carbocycles. The minimum Gasteiger partial charge on any atom is -0.397 e. The fraction of sp³-hybridized carbons (Fsp3) is 0. The van der Waals surface area contributed by atoms with Gasteiger partial charge in [0.2, 0.25) is 0 Å². The quantitative estimate of drug-likeness (QED) is 0.541. The molecule has 4 N–H and O–H groups in total. The smallest absolute Gasteiger partial charge is 0.0624 e. The highest BCUT2D eigenvalue weighted by Crippen LogP contribution is 2.30. The molecule has 110 valence electrons. The lowest BCUT2D eigenvalue weighted by Crippen LogP contribution is -1.99. The molecule has 0 aromatic heterocycles. The molecule has 0 unspecified atom stereocenters. The third-order valence-electron chi connectivity index (χ3n) is 3.26. The number of rotatable bonds is 4. The molecule has 22 heavy (non-hydrogen) atoms. The van der Waals surface area contributed by atoms with Crippen LogP contribution in [0.4, 0.5) is 28.4 Å². The highest BCUT2D eigenvalue weighted by atomic mass is 79.9. The number of nitrogens with one attached hydrogen (secondary N) is 2. The maximum absolute atomic E-state index is 6.00. The first-order valence-corrected chi connectivity index (χ1v) is 7.75. The van der Waals surface area contributed by atoms with Gasteiger partial charge in [-0.1, -0.05) is 46.3 Å². The Balaban J connectivity index is 1.88. The van der Waals surface area contributed by atoms with Crippen LogP contribution >= 0.6 is 15.9 Å². The van der Waals surface area contributed by atoms with Gasteiger partial charge >= 0.3 is 0 Å². The Labute approximate surface area is 138 Å². The van der Waals surface area contributed by atoms with E-state index in [0.717, 1.165) is 32.9 Å². The summed E-state index contributed by atoms with van der Waals surface area (Å²) in [6.45, 7) is 0. The lowest BCUT2D eigenvalue weighted by atomic mass is 10.2. The second-order valence-electron chi connectivity index (χ2n) is 4.89. The summed E-state index contributed by atoms with van der Waals surface area (Å²) in [7, 11) is 0. The minimum atomic E-state index is 0.722. The van der Waals surface area contributed by atoms with Crippen LogP contribution in [-0.2, 0) is 0 Å². The van der Waals surface area contributed by atoms with Gasteiger partial charge in [-0.15, -0.1) is 0 Å². The van der Waals surface area contributed by atoms with Crippen molar-refractivity contribution >= 4 is 44.4 Å². The summed E-state index contributed by atoms with van der Waals surface area (Å²) in [5, 5.41) is 6.80. The van der Waals surface area contributed by atoms with Gasteiger partial charge < -0.3 is 16.4 Å². The molecule has 0 heterocycles. The van der Waals surface area contributed by atoms with Crippen LogP contribution in [0.2, 0.25) is 0 Å². The lowest BCUT2D eigenvalue weighted by molar-refractivity contribution is 1.49. The Morgan fingerprint density at radius 1 is 0.682 bits per heavy atom. The summed E-state index contributed by atoms with van der Waals surface area (Å²) >= 11 is 3.49. The highest BCUT2D eigenvalue weighted by Gasteiger charge is 2.04. The van der Waals surface area contributed by atoms with Crippen molar-refractivity contribution in [2.45, 2.75) is 0 Å². The number of hydrogen-bond acceptors (Lipinski definition) is 3. The Morgan fingerprint density at radius 3 is 2.00 bits per heavy atom. The molecule has 0 aliphatic carbocycles. The maximum atomic E-state index is 6.00. The number of nitrogens with two attached hydrogens (primary N) is 1. The summed E-state index contributed by atoms with van der Waals surface area (Å²) in [5.41, 5.74) is 10.6. The zero-order valence-electron chi connectivity index (χ0n) is 11.9. The van der Waals surface area contributed by atoms with E-state index in [1.54, 1.807) is 0 Å². The zero-order valence-corrected chi connectivity index (χ0v) is 13.5. The average molecular weight is 354 g/mol. The fourth-order valence-corrected chi connectivity index (χ4v) is 2.58. The lowest BCUT2D eigenvalue weighted by Gasteiger charge is -2.15. The van der Waals surface area contributed by atoms with Gasteiger partial charge in [-0.05, 0) is 42.5 Å². The normalized spacial score (nSPS) is 10.2. The average Bonchev–Trinajstić information content (AvgIpc) is 2.51. The van der Waals surface area contributed by atoms with E-state index in [0.29, 0.717) is 0 Å². The third-order valence-corrected chi connectivity index (χ3v) is 3.75. The van der Waals surface area contributed by atoms with E-state index in [-0.39, 0.29) is 0 Å². The standard InChI is InChI=1S/C18H16BrN3/c19-13-6-5-7-14(12-13)21-17-10-3-4-11-18(17)22-16-9-2-1-8-15(16)20/h1-12,21-22H,20H2. The van der Waals surface area contributed by atoms with Crippen molar-refractivity contribution in [3.05, 3.63) is 77.3 Å². The zero-order chi connectivity index (χ0) is 15.4. The van der Waals surface area contributed by atoms with E-state index >= 15 is 0 Å². The molecular weight excluding hydrogens is 338 g/mol. The first-order chi connectivity index (χ1) is 10.7. The van der Waals surface area contributed by atoms with Gasteiger partial charge in [0, 0.05) is 10.2 Å². The number of hydrogen-bond donors (Lipinski definition) is 3.